The molecule has 1 amide bonds. The summed E-state index contributed by atoms with van der Waals surface area (Å²) in [7, 11) is -1.15. The highest BCUT2D eigenvalue weighted by Crippen LogP contribution is 2.51. The lowest BCUT2D eigenvalue weighted by Gasteiger charge is -2.40. The van der Waals surface area contributed by atoms with Crippen molar-refractivity contribution in [1.29, 1.82) is 0 Å². The van der Waals surface area contributed by atoms with E-state index in [0.717, 1.165) is 44.3 Å². The van der Waals surface area contributed by atoms with Gasteiger partial charge in [0.05, 0.1) is 21.8 Å². The number of benzene rings is 1. The molecular formula is C23H33N3O2S. The molecule has 0 bridgehead atoms. The fourth-order valence-corrected chi connectivity index (χ4v) is 5.13. The van der Waals surface area contributed by atoms with Gasteiger partial charge in [0.25, 0.3) is 5.91 Å². The first-order chi connectivity index (χ1) is 13.7. The Morgan fingerprint density at radius 3 is 2.69 bits per heavy atom. The average Bonchev–Trinajstić information content (AvgIpc) is 2.96. The third-order valence-corrected chi connectivity index (χ3v) is 7.41. The number of hydrogen-bond donors (Lipinski definition) is 3. The molecule has 3 N–H and O–H groups in total. The molecule has 0 unspecified atom stereocenters. The van der Waals surface area contributed by atoms with Crippen LogP contribution in [-0.2, 0) is 22.2 Å². The van der Waals surface area contributed by atoms with Gasteiger partial charge in [0.1, 0.15) is 0 Å². The van der Waals surface area contributed by atoms with Crippen LogP contribution in [0.1, 0.15) is 69.7 Å². The fourth-order valence-electron chi connectivity index (χ4n) is 4.19. The van der Waals surface area contributed by atoms with Crippen LogP contribution in [0.15, 0.2) is 18.2 Å². The molecule has 0 saturated carbocycles. The van der Waals surface area contributed by atoms with E-state index in [0.29, 0.717) is 6.54 Å². The van der Waals surface area contributed by atoms with E-state index >= 15 is 0 Å². The van der Waals surface area contributed by atoms with Crippen LogP contribution in [0.3, 0.4) is 0 Å². The number of fused-ring (bicyclic) bond motifs is 1. The number of rotatable bonds is 4. The zero-order chi connectivity index (χ0) is 21.1. The van der Waals surface area contributed by atoms with Crippen molar-refractivity contribution in [3.05, 3.63) is 34.9 Å². The molecule has 6 heteroatoms. The third-order valence-electron chi connectivity index (χ3n) is 5.85. The standard InChI is InChI=1S/C23H33N3O2S/c1-5-12-25-20(27)9-7-17-6-8-18-16-23(10-13-24-14-11-23)21(19(18)15-17)26-29(28)22(2,3)4/h6,8,15,21,24,26H,5,10-14,16H2,1-4H3,(H,25,27)/t21-,29-/m1/s1. The highest BCUT2D eigenvalue weighted by molar-refractivity contribution is 7.84. The van der Waals surface area contributed by atoms with Gasteiger partial charge < -0.3 is 10.6 Å². The van der Waals surface area contributed by atoms with E-state index < -0.39 is 11.0 Å². The second-order valence-corrected chi connectivity index (χ2v) is 11.1. The van der Waals surface area contributed by atoms with Gasteiger partial charge in [-0.1, -0.05) is 18.9 Å². The van der Waals surface area contributed by atoms with Crippen LogP contribution in [0, 0.1) is 17.3 Å². The lowest BCUT2D eigenvalue weighted by atomic mass is 9.73. The summed E-state index contributed by atoms with van der Waals surface area (Å²) in [5.74, 6) is 5.44. The summed E-state index contributed by atoms with van der Waals surface area (Å²) >= 11 is 0. The van der Waals surface area contributed by atoms with Gasteiger partial charge in [-0.15, -0.1) is 0 Å². The van der Waals surface area contributed by atoms with E-state index in [-0.39, 0.29) is 22.1 Å². The van der Waals surface area contributed by atoms with Crippen LogP contribution in [0.2, 0.25) is 0 Å². The number of piperidine rings is 1. The number of carbonyl (C=O) groups is 1. The smallest absolute Gasteiger partial charge is 0.296 e. The first kappa shape index (κ1) is 22.0. The molecule has 0 aromatic heterocycles. The van der Waals surface area contributed by atoms with Crippen molar-refractivity contribution in [2.24, 2.45) is 5.41 Å². The molecule has 1 spiro atoms. The lowest BCUT2D eigenvalue weighted by molar-refractivity contribution is -0.115. The van der Waals surface area contributed by atoms with Crippen LogP contribution in [0.5, 0.6) is 0 Å². The topological polar surface area (TPSA) is 70.2 Å². The monoisotopic (exact) mass is 415 g/mol. The molecule has 1 aromatic rings. The Balaban J connectivity index is 1.90. The predicted octanol–water partition coefficient (Wildman–Crippen LogP) is 2.58. The summed E-state index contributed by atoms with van der Waals surface area (Å²) < 4.78 is 16.1. The second-order valence-electron chi connectivity index (χ2n) is 9.14. The Morgan fingerprint density at radius 2 is 2.03 bits per heavy atom. The molecule has 1 aromatic carbocycles. The Morgan fingerprint density at radius 1 is 1.31 bits per heavy atom. The molecule has 1 aliphatic carbocycles. The van der Waals surface area contributed by atoms with Gasteiger partial charge in [-0.2, -0.15) is 0 Å². The van der Waals surface area contributed by atoms with Crippen molar-refractivity contribution in [3.63, 3.8) is 0 Å². The third kappa shape index (κ3) is 5.09. The average molecular weight is 416 g/mol. The van der Waals surface area contributed by atoms with Crippen LogP contribution in [-0.4, -0.2) is 34.5 Å². The molecule has 1 fully saturated rings. The number of amides is 1. The molecule has 0 radical (unpaired) electrons. The van der Waals surface area contributed by atoms with Crippen molar-refractivity contribution >= 4 is 16.9 Å². The van der Waals surface area contributed by atoms with Gasteiger partial charge in [0, 0.05) is 18.0 Å². The molecule has 2 atom stereocenters. The van der Waals surface area contributed by atoms with Crippen molar-refractivity contribution < 1.29 is 9.00 Å². The van der Waals surface area contributed by atoms with E-state index in [1.165, 1.54) is 11.1 Å². The molecule has 158 valence electrons. The number of nitrogens with one attached hydrogen (secondary N) is 3. The molecule has 3 rings (SSSR count). The van der Waals surface area contributed by atoms with Crippen molar-refractivity contribution in [1.82, 2.24) is 15.4 Å². The predicted molar refractivity (Wildman–Crippen MR) is 119 cm³/mol. The molecule has 1 heterocycles. The zero-order valence-corrected chi connectivity index (χ0v) is 18.8. The fraction of sp³-hybridized carbons (Fsp3) is 0.609. The van der Waals surface area contributed by atoms with E-state index in [9.17, 15) is 9.00 Å². The summed E-state index contributed by atoms with van der Waals surface area (Å²) in [5.41, 5.74) is 3.40. The summed E-state index contributed by atoms with van der Waals surface area (Å²) in [4.78, 5) is 11.8. The second kappa shape index (κ2) is 8.99. The Labute approximate surface area is 177 Å². The summed E-state index contributed by atoms with van der Waals surface area (Å²) in [6, 6.07) is 6.25. The Bertz CT molecular complexity index is 842. The quantitative estimate of drug-likeness (QED) is 0.662. The van der Waals surface area contributed by atoms with E-state index in [1.54, 1.807) is 0 Å². The van der Waals surface area contributed by atoms with E-state index in [4.69, 9.17) is 0 Å². The van der Waals surface area contributed by atoms with Crippen molar-refractivity contribution in [2.75, 3.05) is 19.6 Å². The largest absolute Gasteiger partial charge is 0.345 e. The van der Waals surface area contributed by atoms with Gasteiger partial charge in [-0.05, 0) is 88.2 Å². The molecule has 29 heavy (non-hydrogen) atoms. The highest BCUT2D eigenvalue weighted by Gasteiger charge is 2.47. The molecule has 1 aliphatic heterocycles. The minimum absolute atomic E-state index is 0.0373. The lowest BCUT2D eigenvalue weighted by Crippen LogP contribution is -2.46. The maximum atomic E-state index is 13.0. The maximum Gasteiger partial charge on any atom is 0.296 e. The normalized spacial score (nSPS) is 21.2. The first-order valence-corrected chi connectivity index (χ1v) is 11.7. The van der Waals surface area contributed by atoms with Gasteiger partial charge in [-0.3, -0.25) is 4.79 Å². The maximum absolute atomic E-state index is 13.0. The summed E-state index contributed by atoms with van der Waals surface area (Å²) in [6.45, 7) is 10.6. The number of carbonyl (C=O) groups excluding carboxylic acids is 1. The minimum Gasteiger partial charge on any atom is -0.345 e. The highest BCUT2D eigenvalue weighted by atomic mass is 32.2. The molecule has 1 saturated heterocycles. The van der Waals surface area contributed by atoms with E-state index in [1.807, 2.05) is 33.8 Å². The van der Waals surface area contributed by atoms with Gasteiger partial charge in [0.2, 0.25) is 0 Å². The van der Waals surface area contributed by atoms with Gasteiger partial charge >= 0.3 is 0 Å². The van der Waals surface area contributed by atoms with Gasteiger partial charge in [-0.25, -0.2) is 8.93 Å². The minimum atomic E-state index is -1.15. The summed E-state index contributed by atoms with van der Waals surface area (Å²) in [5, 5.41) is 6.24. The van der Waals surface area contributed by atoms with Crippen LogP contribution in [0.4, 0.5) is 0 Å². The first-order valence-electron chi connectivity index (χ1n) is 10.6. The Hall–Kier alpha value is -1.68. The van der Waals surface area contributed by atoms with Crippen LogP contribution in [0.25, 0.3) is 0 Å². The van der Waals surface area contributed by atoms with E-state index in [2.05, 4.69) is 39.3 Å². The zero-order valence-electron chi connectivity index (χ0n) is 18.0. The SMILES string of the molecule is CCCNC(=O)C#Cc1ccc2c(c1)[C@@H](N[S@](=O)C(C)(C)C)C1(CCNCC1)C2. The van der Waals surface area contributed by atoms with Crippen molar-refractivity contribution in [2.45, 2.75) is 64.2 Å². The number of hydrogen-bond acceptors (Lipinski definition) is 3. The molecular weight excluding hydrogens is 382 g/mol. The van der Waals surface area contributed by atoms with Crippen LogP contribution < -0.4 is 15.4 Å². The molecule has 2 aliphatic rings. The Kier molecular flexibility index (Phi) is 6.83. The van der Waals surface area contributed by atoms with Crippen molar-refractivity contribution in [3.8, 4) is 11.8 Å². The summed E-state index contributed by atoms with van der Waals surface area (Å²) in [6.07, 6.45) is 4.00. The van der Waals surface area contributed by atoms with Crippen LogP contribution >= 0.6 is 0 Å². The molecule has 5 nitrogen and oxygen atoms in total. The van der Waals surface area contributed by atoms with Gasteiger partial charge in [0.15, 0.2) is 0 Å².